The molecule has 0 atom stereocenters. The normalized spacial score (nSPS) is 11.1. The van der Waals surface area contributed by atoms with Crippen LogP contribution >= 0.6 is 0 Å². The Labute approximate surface area is 124 Å². The van der Waals surface area contributed by atoms with Crippen LogP contribution in [0.15, 0.2) is 47.1 Å². The topological polar surface area (TPSA) is 54.7 Å². The highest BCUT2D eigenvalue weighted by molar-refractivity contribution is 5.90. The standard InChI is InChI=1S/C14H13F3N2O3/c1-19(9-10-5-4-8-21-10)13(20)18-11-6-2-3-7-12(11)22-14(15,16)17/h2-8H,9H2,1H3,(H,18,20). The highest BCUT2D eigenvalue weighted by Crippen LogP contribution is 2.30. The zero-order chi connectivity index (χ0) is 16.2. The summed E-state index contributed by atoms with van der Waals surface area (Å²) in [5, 5.41) is 2.37. The zero-order valence-electron chi connectivity index (χ0n) is 11.6. The number of hydrogen-bond acceptors (Lipinski definition) is 3. The lowest BCUT2D eigenvalue weighted by Crippen LogP contribution is -2.31. The Balaban J connectivity index is 2.05. The average molecular weight is 314 g/mol. The van der Waals surface area contributed by atoms with Crippen LogP contribution in [0.1, 0.15) is 5.76 Å². The third-order valence-electron chi connectivity index (χ3n) is 2.67. The van der Waals surface area contributed by atoms with E-state index in [0.29, 0.717) is 5.76 Å². The molecule has 2 rings (SSSR count). The van der Waals surface area contributed by atoms with Crippen molar-refractivity contribution in [3.63, 3.8) is 0 Å². The molecular formula is C14H13F3N2O3. The molecule has 2 aromatic rings. The number of alkyl halides is 3. The first-order chi connectivity index (χ1) is 10.3. The third kappa shape index (κ3) is 4.44. The summed E-state index contributed by atoms with van der Waals surface area (Å²) in [6.45, 7) is 0.182. The van der Waals surface area contributed by atoms with E-state index in [1.165, 1.54) is 36.4 Å². The van der Waals surface area contributed by atoms with Gasteiger partial charge in [0.1, 0.15) is 5.76 Å². The maximum Gasteiger partial charge on any atom is 0.573 e. The van der Waals surface area contributed by atoms with Gasteiger partial charge in [-0.25, -0.2) is 4.79 Å². The van der Waals surface area contributed by atoms with Crippen molar-refractivity contribution in [2.24, 2.45) is 0 Å². The average Bonchev–Trinajstić information content (AvgIpc) is 2.92. The number of halogens is 3. The van der Waals surface area contributed by atoms with Crippen LogP contribution in [0, 0.1) is 0 Å². The molecule has 0 fully saturated rings. The number of urea groups is 1. The van der Waals surface area contributed by atoms with Crippen LogP contribution < -0.4 is 10.1 Å². The number of carbonyl (C=O) groups excluding carboxylic acids is 1. The summed E-state index contributed by atoms with van der Waals surface area (Å²) in [5.74, 6) is 0.0761. The van der Waals surface area contributed by atoms with Gasteiger partial charge in [-0.15, -0.1) is 13.2 Å². The SMILES string of the molecule is CN(Cc1ccco1)C(=O)Nc1ccccc1OC(F)(F)F. The lowest BCUT2D eigenvalue weighted by Gasteiger charge is -2.18. The fraction of sp³-hybridized carbons (Fsp3) is 0.214. The van der Waals surface area contributed by atoms with Gasteiger partial charge in [0.05, 0.1) is 18.5 Å². The second-order valence-corrected chi connectivity index (χ2v) is 4.41. The van der Waals surface area contributed by atoms with Crippen molar-refractivity contribution >= 4 is 11.7 Å². The summed E-state index contributed by atoms with van der Waals surface area (Å²) < 4.78 is 45.9. The van der Waals surface area contributed by atoms with Gasteiger partial charge >= 0.3 is 12.4 Å². The molecule has 1 N–H and O–H groups in total. The van der Waals surface area contributed by atoms with Crippen LogP contribution in [0.3, 0.4) is 0 Å². The Kier molecular flexibility index (Phi) is 4.59. The first-order valence-corrected chi connectivity index (χ1v) is 6.24. The molecule has 8 heteroatoms. The van der Waals surface area contributed by atoms with E-state index in [1.807, 2.05) is 0 Å². The lowest BCUT2D eigenvalue weighted by atomic mass is 10.3. The summed E-state index contributed by atoms with van der Waals surface area (Å²) in [4.78, 5) is 13.3. The lowest BCUT2D eigenvalue weighted by molar-refractivity contribution is -0.274. The van der Waals surface area contributed by atoms with Crippen LogP contribution in [0.2, 0.25) is 0 Å². The smallest absolute Gasteiger partial charge is 0.467 e. The van der Waals surface area contributed by atoms with Crippen LogP contribution in [-0.2, 0) is 6.54 Å². The van der Waals surface area contributed by atoms with Gasteiger partial charge in [-0.1, -0.05) is 12.1 Å². The number of anilines is 1. The number of rotatable bonds is 4. The number of para-hydroxylation sites is 2. The van der Waals surface area contributed by atoms with Crippen LogP contribution in [0.4, 0.5) is 23.7 Å². The highest BCUT2D eigenvalue weighted by Gasteiger charge is 2.32. The highest BCUT2D eigenvalue weighted by atomic mass is 19.4. The molecule has 0 unspecified atom stereocenters. The van der Waals surface area contributed by atoms with Gasteiger partial charge in [0, 0.05) is 7.05 Å². The molecule has 1 aromatic heterocycles. The predicted molar refractivity (Wildman–Crippen MR) is 72.3 cm³/mol. The van der Waals surface area contributed by atoms with Crippen molar-refractivity contribution < 1.29 is 27.1 Å². The molecule has 0 spiro atoms. The second-order valence-electron chi connectivity index (χ2n) is 4.41. The fourth-order valence-electron chi connectivity index (χ4n) is 1.70. The van der Waals surface area contributed by atoms with Gasteiger partial charge in [-0.3, -0.25) is 0 Å². The van der Waals surface area contributed by atoms with Crippen molar-refractivity contribution in [1.29, 1.82) is 0 Å². The molecule has 2 amide bonds. The molecule has 1 heterocycles. The molecule has 0 saturated heterocycles. The summed E-state index contributed by atoms with van der Waals surface area (Å²) in [7, 11) is 1.49. The van der Waals surface area contributed by atoms with Crippen LogP contribution in [0.5, 0.6) is 5.75 Å². The Morgan fingerprint density at radius 1 is 1.27 bits per heavy atom. The van der Waals surface area contributed by atoms with Gasteiger partial charge in [-0.2, -0.15) is 0 Å². The maximum atomic E-state index is 12.3. The number of nitrogens with one attached hydrogen (secondary N) is 1. The molecule has 5 nitrogen and oxygen atoms in total. The number of furan rings is 1. The molecular weight excluding hydrogens is 301 g/mol. The van der Waals surface area contributed by atoms with Gasteiger partial charge in [0.25, 0.3) is 0 Å². The fourth-order valence-corrected chi connectivity index (χ4v) is 1.70. The molecule has 118 valence electrons. The largest absolute Gasteiger partial charge is 0.573 e. The van der Waals surface area contributed by atoms with Crippen molar-refractivity contribution in [2.45, 2.75) is 12.9 Å². The monoisotopic (exact) mass is 314 g/mol. The Morgan fingerprint density at radius 3 is 2.64 bits per heavy atom. The summed E-state index contributed by atoms with van der Waals surface area (Å²) in [6, 6.07) is 8.08. The summed E-state index contributed by atoms with van der Waals surface area (Å²) >= 11 is 0. The van der Waals surface area contributed by atoms with E-state index >= 15 is 0 Å². The van der Waals surface area contributed by atoms with E-state index in [1.54, 1.807) is 12.1 Å². The van der Waals surface area contributed by atoms with E-state index in [2.05, 4.69) is 10.1 Å². The quantitative estimate of drug-likeness (QED) is 0.933. The van der Waals surface area contributed by atoms with E-state index in [4.69, 9.17) is 4.42 Å². The van der Waals surface area contributed by atoms with Gasteiger partial charge in [-0.05, 0) is 24.3 Å². The van der Waals surface area contributed by atoms with Crippen molar-refractivity contribution in [3.8, 4) is 5.75 Å². The number of nitrogens with zero attached hydrogens (tertiary/aromatic N) is 1. The van der Waals surface area contributed by atoms with Gasteiger partial charge in [0.2, 0.25) is 0 Å². The van der Waals surface area contributed by atoms with Gasteiger partial charge in [0.15, 0.2) is 5.75 Å². The van der Waals surface area contributed by atoms with Crippen LogP contribution in [0.25, 0.3) is 0 Å². The molecule has 0 aliphatic rings. The summed E-state index contributed by atoms with van der Waals surface area (Å²) in [6.07, 6.45) is -3.37. The van der Waals surface area contributed by atoms with E-state index in [0.717, 1.165) is 6.07 Å². The zero-order valence-corrected chi connectivity index (χ0v) is 11.6. The first kappa shape index (κ1) is 15.7. The first-order valence-electron chi connectivity index (χ1n) is 6.24. The number of ether oxygens (including phenoxy) is 1. The molecule has 0 radical (unpaired) electrons. The van der Waals surface area contributed by atoms with E-state index in [-0.39, 0.29) is 12.2 Å². The molecule has 0 aliphatic heterocycles. The Bertz CT molecular complexity index is 627. The molecule has 0 aliphatic carbocycles. The minimum Gasteiger partial charge on any atom is -0.467 e. The van der Waals surface area contributed by atoms with Crippen molar-refractivity contribution in [3.05, 3.63) is 48.4 Å². The molecule has 0 saturated carbocycles. The summed E-state index contributed by atoms with van der Waals surface area (Å²) in [5.41, 5.74) is -0.0730. The predicted octanol–water partition coefficient (Wildman–Crippen LogP) is 3.84. The number of benzene rings is 1. The molecule has 0 bridgehead atoms. The Hall–Kier alpha value is -2.64. The third-order valence-corrected chi connectivity index (χ3v) is 2.67. The number of amides is 2. The van der Waals surface area contributed by atoms with Crippen molar-refractivity contribution in [2.75, 3.05) is 12.4 Å². The van der Waals surface area contributed by atoms with E-state index < -0.39 is 18.1 Å². The van der Waals surface area contributed by atoms with Crippen LogP contribution in [-0.4, -0.2) is 24.3 Å². The van der Waals surface area contributed by atoms with Gasteiger partial charge < -0.3 is 19.4 Å². The Morgan fingerprint density at radius 2 is 2.00 bits per heavy atom. The van der Waals surface area contributed by atoms with E-state index in [9.17, 15) is 18.0 Å². The number of hydrogen-bond donors (Lipinski definition) is 1. The minimum absolute atomic E-state index is 0.0730. The second kappa shape index (κ2) is 6.42. The maximum absolute atomic E-state index is 12.3. The molecule has 1 aromatic carbocycles. The minimum atomic E-state index is -4.83. The number of carbonyl (C=O) groups is 1. The molecule has 22 heavy (non-hydrogen) atoms. The van der Waals surface area contributed by atoms with Crippen molar-refractivity contribution in [1.82, 2.24) is 4.90 Å².